The van der Waals surface area contributed by atoms with Crippen molar-refractivity contribution in [2.24, 2.45) is 0 Å². The van der Waals surface area contributed by atoms with Crippen LogP contribution in [0.25, 0.3) is 16.9 Å². The minimum Gasteiger partial charge on any atom is -0.379 e. The van der Waals surface area contributed by atoms with E-state index in [0.717, 1.165) is 11.8 Å². The van der Waals surface area contributed by atoms with Crippen molar-refractivity contribution in [3.8, 4) is 5.82 Å². The summed E-state index contributed by atoms with van der Waals surface area (Å²) in [5, 5.41) is 14.8. The zero-order valence-electron chi connectivity index (χ0n) is 12.5. The van der Waals surface area contributed by atoms with E-state index in [1.54, 1.807) is 30.1 Å². The summed E-state index contributed by atoms with van der Waals surface area (Å²) < 4.78 is 6.82. The van der Waals surface area contributed by atoms with Crippen molar-refractivity contribution >= 4 is 16.9 Å². The lowest BCUT2D eigenvalue weighted by atomic mass is 10.2. The molecule has 0 saturated carbocycles. The molecule has 0 spiro atoms. The van der Waals surface area contributed by atoms with Crippen LogP contribution in [0.4, 0.5) is 0 Å². The maximum Gasteiger partial charge on any atom is 0.272 e. The SMILES string of the molecule is Cc1nc(-n2ccc(C(=O)NC3CCOC3)n2)c2cn[nH]c2n1. The molecule has 0 aliphatic carbocycles. The lowest BCUT2D eigenvalue weighted by Gasteiger charge is -2.08. The number of carbonyl (C=O) groups excluding carboxylic acids is 1. The monoisotopic (exact) mass is 313 g/mol. The first kappa shape index (κ1) is 13.8. The van der Waals surface area contributed by atoms with Crippen LogP contribution >= 0.6 is 0 Å². The van der Waals surface area contributed by atoms with Crippen molar-refractivity contribution in [2.75, 3.05) is 13.2 Å². The average Bonchev–Trinajstić information content (AvgIpc) is 3.27. The summed E-state index contributed by atoms with van der Waals surface area (Å²) in [5.74, 6) is 0.972. The number of nitrogens with zero attached hydrogens (tertiary/aromatic N) is 5. The van der Waals surface area contributed by atoms with Crippen molar-refractivity contribution in [2.45, 2.75) is 19.4 Å². The fraction of sp³-hybridized carbons (Fsp3) is 0.357. The molecule has 3 aromatic rings. The van der Waals surface area contributed by atoms with Crippen LogP contribution < -0.4 is 5.32 Å². The van der Waals surface area contributed by atoms with Crippen LogP contribution in [0.5, 0.6) is 0 Å². The average molecular weight is 313 g/mol. The van der Waals surface area contributed by atoms with Gasteiger partial charge in [0.25, 0.3) is 5.91 Å². The summed E-state index contributed by atoms with van der Waals surface area (Å²) >= 11 is 0. The second kappa shape index (κ2) is 5.43. The Morgan fingerprint density at radius 3 is 3.22 bits per heavy atom. The Morgan fingerprint density at radius 2 is 2.39 bits per heavy atom. The Morgan fingerprint density at radius 1 is 1.48 bits per heavy atom. The van der Waals surface area contributed by atoms with Gasteiger partial charge in [-0.25, -0.2) is 14.6 Å². The van der Waals surface area contributed by atoms with Crippen molar-refractivity contribution < 1.29 is 9.53 Å². The molecule has 9 nitrogen and oxygen atoms in total. The van der Waals surface area contributed by atoms with Gasteiger partial charge in [-0.3, -0.25) is 9.89 Å². The van der Waals surface area contributed by atoms with Crippen molar-refractivity contribution in [3.63, 3.8) is 0 Å². The minimum absolute atomic E-state index is 0.0505. The quantitative estimate of drug-likeness (QED) is 0.722. The normalized spacial score (nSPS) is 17.7. The number of aromatic amines is 1. The van der Waals surface area contributed by atoms with E-state index >= 15 is 0 Å². The largest absolute Gasteiger partial charge is 0.379 e. The molecule has 1 aliphatic rings. The van der Waals surface area contributed by atoms with Gasteiger partial charge >= 0.3 is 0 Å². The standard InChI is InChI=1S/C14H15N7O2/c1-8-16-12-10(6-15-19-12)13(17-8)21-4-2-11(20-21)14(22)18-9-3-5-23-7-9/h2,4,6,9H,3,5,7H2,1H3,(H,18,22)(H,15,16,17,19). The number of H-pyrrole nitrogens is 1. The first-order valence-electron chi connectivity index (χ1n) is 7.33. The predicted octanol–water partition coefficient (Wildman–Crippen LogP) is 0.366. The molecule has 1 aliphatic heterocycles. The number of hydrogen-bond donors (Lipinski definition) is 2. The second-order valence-electron chi connectivity index (χ2n) is 5.41. The molecule has 9 heteroatoms. The van der Waals surface area contributed by atoms with Gasteiger partial charge in [-0.05, 0) is 19.4 Å². The van der Waals surface area contributed by atoms with E-state index in [4.69, 9.17) is 4.74 Å². The molecule has 4 rings (SSSR count). The van der Waals surface area contributed by atoms with Gasteiger partial charge in [0.05, 0.1) is 24.2 Å². The van der Waals surface area contributed by atoms with Gasteiger partial charge in [0.1, 0.15) is 5.82 Å². The highest BCUT2D eigenvalue weighted by Gasteiger charge is 2.20. The van der Waals surface area contributed by atoms with Crippen LogP contribution in [0, 0.1) is 6.92 Å². The van der Waals surface area contributed by atoms with Gasteiger partial charge in [-0.15, -0.1) is 0 Å². The molecule has 1 saturated heterocycles. The Hall–Kier alpha value is -2.81. The lowest BCUT2D eigenvalue weighted by molar-refractivity contribution is 0.0924. The number of fused-ring (bicyclic) bond motifs is 1. The molecule has 2 N–H and O–H groups in total. The number of aromatic nitrogens is 6. The van der Waals surface area contributed by atoms with Gasteiger partial charge in [0, 0.05) is 12.8 Å². The third kappa shape index (κ3) is 2.55. The fourth-order valence-corrected chi connectivity index (χ4v) is 2.57. The predicted molar refractivity (Wildman–Crippen MR) is 80.2 cm³/mol. The van der Waals surface area contributed by atoms with Crippen LogP contribution in [0.1, 0.15) is 22.7 Å². The summed E-state index contributed by atoms with van der Waals surface area (Å²) in [6.07, 6.45) is 4.17. The zero-order chi connectivity index (χ0) is 15.8. The first-order chi connectivity index (χ1) is 11.2. The summed E-state index contributed by atoms with van der Waals surface area (Å²) in [4.78, 5) is 20.9. The number of nitrogens with one attached hydrogen (secondary N) is 2. The Bertz CT molecular complexity index is 863. The number of ether oxygens (including phenoxy) is 1. The van der Waals surface area contributed by atoms with E-state index in [0.29, 0.717) is 36.2 Å². The highest BCUT2D eigenvalue weighted by Crippen LogP contribution is 2.17. The smallest absolute Gasteiger partial charge is 0.272 e. The van der Waals surface area contributed by atoms with Gasteiger partial charge in [0.15, 0.2) is 17.2 Å². The number of amides is 1. The van der Waals surface area contributed by atoms with Crippen molar-refractivity contribution in [1.82, 2.24) is 35.3 Å². The van der Waals surface area contributed by atoms with E-state index in [2.05, 4.69) is 30.6 Å². The maximum absolute atomic E-state index is 12.2. The molecule has 1 atom stereocenters. The Labute approximate surface area is 131 Å². The molecular formula is C14H15N7O2. The van der Waals surface area contributed by atoms with Gasteiger partial charge in [-0.2, -0.15) is 10.2 Å². The van der Waals surface area contributed by atoms with E-state index in [9.17, 15) is 4.79 Å². The fourth-order valence-electron chi connectivity index (χ4n) is 2.57. The van der Waals surface area contributed by atoms with Gasteiger partial charge < -0.3 is 10.1 Å². The molecule has 23 heavy (non-hydrogen) atoms. The van der Waals surface area contributed by atoms with E-state index < -0.39 is 0 Å². The number of hydrogen-bond acceptors (Lipinski definition) is 6. The Kier molecular flexibility index (Phi) is 3.27. The van der Waals surface area contributed by atoms with E-state index in [1.165, 1.54) is 0 Å². The van der Waals surface area contributed by atoms with Crippen molar-refractivity contribution in [3.05, 3.63) is 30.0 Å². The molecule has 1 fully saturated rings. The molecule has 4 heterocycles. The lowest BCUT2D eigenvalue weighted by Crippen LogP contribution is -2.35. The van der Waals surface area contributed by atoms with Crippen molar-refractivity contribution in [1.29, 1.82) is 0 Å². The topological polar surface area (TPSA) is 111 Å². The van der Waals surface area contributed by atoms with E-state index in [1.807, 2.05) is 0 Å². The van der Waals surface area contributed by atoms with Gasteiger partial charge in [0.2, 0.25) is 0 Å². The maximum atomic E-state index is 12.2. The molecule has 1 amide bonds. The highest BCUT2D eigenvalue weighted by atomic mass is 16.5. The molecular weight excluding hydrogens is 298 g/mol. The molecule has 0 aromatic carbocycles. The number of carbonyl (C=O) groups is 1. The zero-order valence-corrected chi connectivity index (χ0v) is 12.5. The summed E-state index contributed by atoms with van der Waals surface area (Å²) in [6.45, 7) is 3.02. The highest BCUT2D eigenvalue weighted by molar-refractivity contribution is 5.92. The number of rotatable bonds is 3. The van der Waals surface area contributed by atoms with Gasteiger partial charge in [-0.1, -0.05) is 0 Å². The van der Waals surface area contributed by atoms with Crippen LogP contribution in [-0.2, 0) is 4.74 Å². The molecule has 118 valence electrons. The van der Waals surface area contributed by atoms with Crippen LogP contribution in [0.3, 0.4) is 0 Å². The molecule has 3 aromatic heterocycles. The van der Waals surface area contributed by atoms with Crippen LogP contribution in [-0.4, -0.2) is 55.1 Å². The molecule has 0 bridgehead atoms. The summed E-state index contributed by atoms with van der Waals surface area (Å²) in [7, 11) is 0. The molecule has 0 radical (unpaired) electrons. The van der Waals surface area contributed by atoms with Crippen LogP contribution in [0.2, 0.25) is 0 Å². The summed E-state index contributed by atoms with van der Waals surface area (Å²) in [5.41, 5.74) is 0.974. The van der Waals surface area contributed by atoms with Crippen LogP contribution in [0.15, 0.2) is 18.5 Å². The molecule has 1 unspecified atom stereocenters. The minimum atomic E-state index is -0.214. The van der Waals surface area contributed by atoms with E-state index in [-0.39, 0.29) is 11.9 Å². The third-order valence-electron chi connectivity index (χ3n) is 3.71. The Balaban J connectivity index is 1.64. The number of aryl methyl sites for hydroxylation is 1. The summed E-state index contributed by atoms with van der Waals surface area (Å²) in [6, 6.07) is 1.71. The third-order valence-corrected chi connectivity index (χ3v) is 3.71. The second-order valence-corrected chi connectivity index (χ2v) is 5.41. The first-order valence-corrected chi connectivity index (χ1v) is 7.33.